The van der Waals surface area contributed by atoms with Crippen LogP contribution in [0.25, 0.3) is 0 Å². The van der Waals surface area contributed by atoms with Crippen LogP contribution in [-0.4, -0.2) is 43.6 Å². The molecule has 1 saturated heterocycles. The van der Waals surface area contributed by atoms with Crippen molar-refractivity contribution < 1.29 is 32.9 Å². The average molecular weight is 487 g/mol. The van der Waals surface area contributed by atoms with Crippen molar-refractivity contribution in [1.82, 2.24) is 0 Å². The lowest BCUT2D eigenvalue weighted by Gasteiger charge is -2.39. The van der Waals surface area contributed by atoms with Gasteiger partial charge in [0, 0.05) is 17.8 Å². The summed E-state index contributed by atoms with van der Waals surface area (Å²) in [5.41, 5.74) is 0.899. The molecule has 1 aliphatic heterocycles. The molecule has 0 amide bonds. The Labute approximate surface area is 204 Å². The van der Waals surface area contributed by atoms with E-state index in [1.165, 1.54) is 24.3 Å². The van der Waals surface area contributed by atoms with Crippen LogP contribution < -0.4 is 4.74 Å². The van der Waals surface area contributed by atoms with E-state index in [4.69, 9.17) is 19.3 Å². The number of fused-ring (bicyclic) bond motifs is 2. The minimum atomic E-state index is -0.778. The number of benzene rings is 2. The molecule has 2 aromatic carbocycles. The Bertz CT molecular complexity index is 991. The van der Waals surface area contributed by atoms with Crippen LogP contribution in [0.15, 0.2) is 60.7 Å². The van der Waals surface area contributed by atoms with Crippen molar-refractivity contribution in [3.05, 3.63) is 77.9 Å². The first-order chi connectivity index (χ1) is 17.0. The molecule has 4 rings (SSSR count). The van der Waals surface area contributed by atoms with E-state index in [-0.39, 0.29) is 41.4 Å². The molecule has 4 atom stereocenters. The number of carbonyl (C=O) groups is 1. The van der Waals surface area contributed by atoms with E-state index in [1.54, 1.807) is 12.1 Å². The first-order valence-corrected chi connectivity index (χ1v) is 12.2. The Morgan fingerprint density at radius 3 is 2.49 bits per heavy atom. The Morgan fingerprint density at radius 1 is 1.06 bits per heavy atom. The van der Waals surface area contributed by atoms with Crippen molar-refractivity contribution in [1.29, 1.82) is 0 Å². The van der Waals surface area contributed by atoms with Gasteiger partial charge in [0.1, 0.15) is 24.0 Å². The molecule has 0 spiro atoms. The van der Waals surface area contributed by atoms with Gasteiger partial charge in [-0.25, -0.2) is 8.78 Å². The average Bonchev–Trinajstić information content (AvgIpc) is 3.41. The third kappa shape index (κ3) is 6.27. The van der Waals surface area contributed by atoms with E-state index in [0.29, 0.717) is 38.6 Å². The molecule has 35 heavy (non-hydrogen) atoms. The highest BCUT2D eigenvalue weighted by atomic mass is 19.1. The Morgan fingerprint density at radius 2 is 1.77 bits per heavy atom. The van der Waals surface area contributed by atoms with Gasteiger partial charge < -0.3 is 19.3 Å². The number of carboxylic acids is 1. The Kier molecular flexibility index (Phi) is 8.52. The molecule has 2 aliphatic rings. The molecule has 1 heterocycles. The molecular weight excluding hydrogens is 454 g/mol. The summed E-state index contributed by atoms with van der Waals surface area (Å²) in [6, 6.07) is 12.6. The topological polar surface area (TPSA) is 65.0 Å². The van der Waals surface area contributed by atoms with Crippen molar-refractivity contribution in [2.75, 3.05) is 26.4 Å². The highest BCUT2D eigenvalue weighted by Crippen LogP contribution is 2.56. The summed E-state index contributed by atoms with van der Waals surface area (Å²) >= 11 is 0. The van der Waals surface area contributed by atoms with Crippen molar-refractivity contribution in [2.45, 2.75) is 43.6 Å². The number of rotatable bonds is 13. The Hall–Kier alpha value is -2.77. The van der Waals surface area contributed by atoms with Crippen LogP contribution in [0.1, 0.15) is 37.7 Å². The molecule has 2 bridgehead atoms. The van der Waals surface area contributed by atoms with Gasteiger partial charge in [-0.05, 0) is 73.6 Å². The lowest BCUT2D eigenvalue weighted by atomic mass is 9.69. The zero-order valence-electron chi connectivity index (χ0n) is 19.7. The molecule has 1 saturated carbocycles. The number of hydrogen-bond donors (Lipinski definition) is 1. The van der Waals surface area contributed by atoms with Crippen LogP contribution in [0.5, 0.6) is 5.75 Å². The van der Waals surface area contributed by atoms with Crippen molar-refractivity contribution >= 4 is 5.97 Å². The molecule has 2 fully saturated rings. The number of unbranched alkanes of at least 4 members (excludes halogenated alkanes) is 1. The van der Waals surface area contributed by atoms with Crippen LogP contribution in [-0.2, 0) is 19.7 Å². The van der Waals surface area contributed by atoms with Gasteiger partial charge in [-0.2, -0.15) is 0 Å². The maximum atomic E-state index is 13.6. The maximum absolute atomic E-state index is 13.6. The summed E-state index contributed by atoms with van der Waals surface area (Å²) in [6.45, 7) is 1.89. The maximum Gasteiger partial charge on any atom is 0.303 e. The van der Waals surface area contributed by atoms with Crippen molar-refractivity contribution in [3.63, 3.8) is 0 Å². The number of hydrogen-bond acceptors (Lipinski definition) is 4. The second kappa shape index (κ2) is 11.8. The smallest absolute Gasteiger partial charge is 0.303 e. The van der Waals surface area contributed by atoms with Gasteiger partial charge in [-0.15, -0.1) is 0 Å². The van der Waals surface area contributed by atoms with E-state index in [0.717, 1.165) is 24.8 Å². The van der Waals surface area contributed by atoms with Gasteiger partial charge in [0.2, 0.25) is 0 Å². The standard InChI is InChI=1S/C28H32F2O5/c29-21-9-7-20(8-10-21)28-17-26(35-19-28)24(25(28)5-3-1-2-4-6-27(31)32)18-33-15-16-34-23-13-11-22(30)12-14-23/h1,3,7-14,24-26H,2,4-6,15-19H2,(H,31,32)/t24-,25-,26-,28-/m0/s1. The molecule has 5 nitrogen and oxygen atoms in total. The fraction of sp³-hybridized carbons (Fsp3) is 0.464. The molecule has 188 valence electrons. The number of aliphatic carboxylic acids is 1. The summed E-state index contributed by atoms with van der Waals surface area (Å²) in [5.74, 6) is -0.292. The number of carboxylic acid groups (broad SMARTS) is 1. The molecule has 0 radical (unpaired) electrons. The van der Waals surface area contributed by atoms with E-state index in [1.807, 2.05) is 12.1 Å². The fourth-order valence-corrected chi connectivity index (χ4v) is 5.46. The van der Waals surface area contributed by atoms with Gasteiger partial charge >= 0.3 is 5.97 Å². The van der Waals surface area contributed by atoms with E-state index in [2.05, 4.69) is 12.2 Å². The minimum absolute atomic E-state index is 0.0727. The Balaban J connectivity index is 1.37. The summed E-state index contributed by atoms with van der Waals surface area (Å²) < 4.78 is 44.4. The zero-order valence-corrected chi connectivity index (χ0v) is 19.7. The minimum Gasteiger partial charge on any atom is -0.491 e. The van der Waals surface area contributed by atoms with Gasteiger partial charge in [-0.3, -0.25) is 4.79 Å². The molecule has 1 aliphatic carbocycles. The van der Waals surface area contributed by atoms with Gasteiger partial charge in [-0.1, -0.05) is 24.3 Å². The highest BCUT2D eigenvalue weighted by Gasteiger charge is 2.59. The van der Waals surface area contributed by atoms with Gasteiger partial charge in [0.15, 0.2) is 0 Å². The summed E-state index contributed by atoms with van der Waals surface area (Å²) in [7, 11) is 0. The lowest BCUT2D eigenvalue weighted by molar-refractivity contribution is -0.137. The number of halogens is 2. The molecule has 0 unspecified atom stereocenters. The molecular formula is C28H32F2O5. The first kappa shape index (κ1) is 25.3. The zero-order chi connectivity index (χ0) is 24.7. The lowest BCUT2D eigenvalue weighted by Crippen LogP contribution is -2.41. The van der Waals surface area contributed by atoms with E-state index in [9.17, 15) is 13.6 Å². The second-order valence-electron chi connectivity index (χ2n) is 9.36. The van der Waals surface area contributed by atoms with Crippen LogP contribution in [0.3, 0.4) is 0 Å². The van der Waals surface area contributed by atoms with Crippen LogP contribution >= 0.6 is 0 Å². The van der Waals surface area contributed by atoms with Gasteiger partial charge in [0.25, 0.3) is 0 Å². The first-order valence-electron chi connectivity index (χ1n) is 12.2. The third-order valence-electron chi connectivity index (χ3n) is 7.18. The monoisotopic (exact) mass is 486 g/mol. The predicted molar refractivity (Wildman–Crippen MR) is 127 cm³/mol. The summed E-state index contributed by atoms with van der Waals surface area (Å²) in [5, 5.41) is 8.82. The summed E-state index contributed by atoms with van der Waals surface area (Å²) in [4.78, 5) is 10.7. The molecule has 7 heteroatoms. The molecule has 0 aromatic heterocycles. The predicted octanol–water partition coefficient (Wildman–Crippen LogP) is 5.53. The largest absolute Gasteiger partial charge is 0.491 e. The van der Waals surface area contributed by atoms with E-state index >= 15 is 0 Å². The van der Waals surface area contributed by atoms with Crippen LogP contribution in [0, 0.1) is 23.5 Å². The number of allylic oxidation sites excluding steroid dienone is 2. The second-order valence-corrected chi connectivity index (χ2v) is 9.36. The summed E-state index contributed by atoms with van der Waals surface area (Å²) in [6.07, 6.45) is 7.48. The van der Waals surface area contributed by atoms with Crippen molar-refractivity contribution in [3.8, 4) is 5.75 Å². The van der Waals surface area contributed by atoms with Gasteiger partial charge in [0.05, 0.1) is 25.9 Å². The van der Waals surface area contributed by atoms with Crippen molar-refractivity contribution in [2.24, 2.45) is 11.8 Å². The highest BCUT2D eigenvalue weighted by molar-refractivity contribution is 5.66. The van der Waals surface area contributed by atoms with Crippen LogP contribution in [0.4, 0.5) is 8.78 Å². The molecule has 2 aromatic rings. The molecule has 1 N–H and O–H groups in total. The number of ether oxygens (including phenoxy) is 3. The fourth-order valence-electron chi connectivity index (χ4n) is 5.46. The normalized spacial score (nSPS) is 25.4. The quantitative estimate of drug-likeness (QED) is 0.298. The van der Waals surface area contributed by atoms with Crippen LogP contribution in [0.2, 0.25) is 0 Å². The third-order valence-corrected chi connectivity index (χ3v) is 7.18. The van der Waals surface area contributed by atoms with E-state index < -0.39 is 5.97 Å². The SMILES string of the molecule is O=C(O)CCCC=CC[C@H]1[C@H](COCCOc2ccc(F)cc2)[C@@H]2C[C@@]1(c1ccc(F)cc1)CO2.